The Hall–Kier alpha value is -3.42. The molecule has 0 aliphatic carbocycles. The molecule has 2 aromatic carbocycles. The average molecular weight is 440 g/mol. The molecule has 1 aromatic heterocycles. The Balaban J connectivity index is 1.64. The Morgan fingerprint density at radius 1 is 1.06 bits per heavy atom. The number of hydrogen-bond donors (Lipinski definition) is 0. The van der Waals surface area contributed by atoms with Crippen LogP contribution in [0.5, 0.6) is 0 Å². The predicted molar refractivity (Wildman–Crippen MR) is 116 cm³/mol. The second-order valence-corrected chi connectivity index (χ2v) is 7.73. The van der Waals surface area contributed by atoms with Gasteiger partial charge in [0.2, 0.25) is 0 Å². The smallest absolute Gasteiger partial charge is 0.360 e. The van der Waals surface area contributed by atoms with E-state index in [1.54, 1.807) is 4.90 Å². The fourth-order valence-electron chi connectivity index (χ4n) is 3.74. The molecule has 0 spiro atoms. The number of aromatic nitrogens is 2. The molecule has 5 nitrogen and oxygen atoms in total. The van der Waals surface area contributed by atoms with Crippen molar-refractivity contribution in [1.29, 1.82) is 0 Å². The summed E-state index contributed by atoms with van der Waals surface area (Å²) in [7, 11) is 1.94. The van der Waals surface area contributed by atoms with Gasteiger partial charge in [0.05, 0.1) is 17.8 Å². The molecule has 2 heterocycles. The minimum absolute atomic E-state index is 0.230. The van der Waals surface area contributed by atoms with E-state index >= 15 is 0 Å². The highest BCUT2D eigenvalue weighted by molar-refractivity contribution is 5.94. The summed E-state index contributed by atoms with van der Waals surface area (Å²) in [5.74, 6) is 1.10. The van der Waals surface area contributed by atoms with Gasteiger partial charge in [0.25, 0.3) is 5.91 Å². The number of rotatable bonds is 4. The molecule has 1 aliphatic rings. The predicted octanol–water partition coefficient (Wildman–Crippen LogP) is 4.82. The van der Waals surface area contributed by atoms with E-state index in [9.17, 15) is 18.0 Å². The van der Waals surface area contributed by atoms with Crippen LogP contribution in [0.25, 0.3) is 11.4 Å². The van der Waals surface area contributed by atoms with Crippen LogP contribution in [0.15, 0.2) is 54.6 Å². The highest BCUT2D eigenvalue weighted by Gasteiger charge is 2.31. The van der Waals surface area contributed by atoms with Gasteiger partial charge in [-0.1, -0.05) is 30.3 Å². The zero-order valence-electron chi connectivity index (χ0n) is 17.9. The van der Waals surface area contributed by atoms with Gasteiger partial charge in [-0.25, -0.2) is 9.97 Å². The third-order valence-electron chi connectivity index (χ3n) is 5.65. The summed E-state index contributed by atoms with van der Waals surface area (Å²) in [4.78, 5) is 26.2. The molecular weight excluding hydrogens is 417 g/mol. The van der Waals surface area contributed by atoms with Crippen LogP contribution in [-0.4, -0.2) is 40.9 Å². The van der Waals surface area contributed by atoms with Crippen LogP contribution >= 0.6 is 0 Å². The van der Waals surface area contributed by atoms with Crippen molar-refractivity contribution in [2.24, 2.45) is 0 Å². The van der Waals surface area contributed by atoms with Crippen LogP contribution in [0.3, 0.4) is 0 Å². The number of anilines is 1. The number of carbonyl (C=O) groups is 1. The first kappa shape index (κ1) is 21.8. The first-order chi connectivity index (χ1) is 15.3. The van der Waals surface area contributed by atoms with Crippen LogP contribution in [0.2, 0.25) is 0 Å². The normalized spacial score (nSPS) is 13.6. The molecule has 0 atom stereocenters. The van der Waals surface area contributed by atoms with Crippen molar-refractivity contribution in [3.8, 4) is 11.4 Å². The Morgan fingerprint density at radius 2 is 1.75 bits per heavy atom. The maximum Gasteiger partial charge on any atom is 0.416 e. The van der Waals surface area contributed by atoms with E-state index in [0.29, 0.717) is 25.3 Å². The molecule has 32 heavy (non-hydrogen) atoms. The molecule has 0 saturated carbocycles. The standard InChI is InChI=1S/C24H23F3N4O/c1-3-30(2)22-19-15-31(23(32)17-9-11-18(12-10-17)24(25,26)27)14-13-20(19)28-21(29-22)16-7-5-4-6-8-16/h4-12H,3,13-15H2,1-2H3. The molecule has 0 N–H and O–H groups in total. The van der Waals surface area contributed by atoms with Gasteiger partial charge in [0.15, 0.2) is 5.82 Å². The SMILES string of the molecule is CCN(C)c1nc(-c2ccccc2)nc2c1CN(C(=O)c1ccc(C(F)(F)F)cc1)CC2. The first-order valence-electron chi connectivity index (χ1n) is 10.4. The number of benzene rings is 2. The van der Waals surface area contributed by atoms with Gasteiger partial charge in [0.1, 0.15) is 5.82 Å². The minimum Gasteiger partial charge on any atom is -0.360 e. The third kappa shape index (κ3) is 4.30. The van der Waals surface area contributed by atoms with Gasteiger partial charge in [-0.05, 0) is 31.2 Å². The van der Waals surface area contributed by atoms with Crippen molar-refractivity contribution in [3.63, 3.8) is 0 Å². The Bertz CT molecular complexity index is 1110. The number of fused-ring (bicyclic) bond motifs is 1. The molecular formula is C24H23F3N4O. The Labute approximate surface area is 184 Å². The van der Waals surface area contributed by atoms with Crippen molar-refractivity contribution >= 4 is 11.7 Å². The van der Waals surface area contributed by atoms with E-state index < -0.39 is 11.7 Å². The van der Waals surface area contributed by atoms with Gasteiger partial charge < -0.3 is 9.80 Å². The van der Waals surface area contributed by atoms with Crippen LogP contribution in [0, 0.1) is 0 Å². The molecule has 166 valence electrons. The summed E-state index contributed by atoms with van der Waals surface area (Å²) in [6.07, 6.45) is -3.88. The molecule has 3 aromatic rings. The van der Waals surface area contributed by atoms with E-state index in [-0.39, 0.29) is 11.5 Å². The largest absolute Gasteiger partial charge is 0.416 e. The van der Waals surface area contributed by atoms with Crippen LogP contribution in [-0.2, 0) is 19.1 Å². The minimum atomic E-state index is -4.43. The van der Waals surface area contributed by atoms with E-state index in [1.165, 1.54) is 12.1 Å². The quantitative estimate of drug-likeness (QED) is 0.584. The zero-order valence-corrected chi connectivity index (χ0v) is 17.9. The third-order valence-corrected chi connectivity index (χ3v) is 5.65. The molecule has 0 fully saturated rings. The van der Waals surface area contributed by atoms with E-state index in [1.807, 2.05) is 49.2 Å². The van der Waals surface area contributed by atoms with Crippen molar-refractivity contribution in [3.05, 3.63) is 77.0 Å². The lowest BCUT2D eigenvalue weighted by Gasteiger charge is -2.31. The number of alkyl halides is 3. The maximum absolute atomic E-state index is 13.0. The van der Waals surface area contributed by atoms with Gasteiger partial charge in [-0.15, -0.1) is 0 Å². The summed E-state index contributed by atoms with van der Waals surface area (Å²) >= 11 is 0. The summed E-state index contributed by atoms with van der Waals surface area (Å²) in [6, 6.07) is 14.1. The number of nitrogens with zero attached hydrogens (tertiary/aromatic N) is 4. The highest BCUT2D eigenvalue weighted by atomic mass is 19.4. The molecule has 1 aliphatic heterocycles. The monoisotopic (exact) mass is 440 g/mol. The Morgan fingerprint density at radius 3 is 2.38 bits per heavy atom. The van der Waals surface area contributed by atoms with E-state index in [4.69, 9.17) is 9.97 Å². The second kappa shape index (κ2) is 8.61. The fourth-order valence-corrected chi connectivity index (χ4v) is 3.74. The molecule has 0 radical (unpaired) electrons. The topological polar surface area (TPSA) is 49.3 Å². The van der Waals surface area contributed by atoms with Gasteiger partial charge in [0, 0.05) is 43.2 Å². The molecule has 1 amide bonds. The first-order valence-corrected chi connectivity index (χ1v) is 10.4. The van der Waals surface area contributed by atoms with Crippen molar-refractivity contribution in [2.75, 3.05) is 25.0 Å². The zero-order chi connectivity index (χ0) is 22.9. The van der Waals surface area contributed by atoms with Crippen LogP contribution in [0.4, 0.5) is 19.0 Å². The van der Waals surface area contributed by atoms with Gasteiger partial charge in [-0.3, -0.25) is 4.79 Å². The lowest BCUT2D eigenvalue weighted by molar-refractivity contribution is -0.137. The molecule has 8 heteroatoms. The summed E-state index contributed by atoms with van der Waals surface area (Å²) in [5.41, 5.74) is 2.15. The summed E-state index contributed by atoms with van der Waals surface area (Å²) in [6.45, 7) is 3.49. The maximum atomic E-state index is 13.0. The summed E-state index contributed by atoms with van der Waals surface area (Å²) < 4.78 is 38.5. The number of halogens is 3. The van der Waals surface area contributed by atoms with Crippen molar-refractivity contribution in [1.82, 2.24) is 14.9 Å². The van der Waals surface area contributed by atoms with Crippen LogP contribution in [0.1, 0.15) is 34.1 Å². The lowest BCUT2D eigenvalue weighted by atomic mass is 10.0. The number of carbonyl (C=O) groups excluding carboxylic acids is 1. The average Bonchev–Trinajstić information content (AvgIpc) is 2.82. The highest BCUT2D eigenvalue weighted by Crippen LogP contribution is 2.31. The molecule has 0 saturated heterocycles. The molecule has 4 rings (SSSR count). The Kier molecular flexibility index (Phi) is 5.86. The van der Waals surface area contributed by atoms with Gasteiger partial charge in [-0.2, -0.15) is 13.2 Å². The van der Waals surface area contributed by atoms with E-state index in [2.05, 4.69) is 0 Å². The van der Waals surface area contributed by atoms with E-state index in [0.717, 1.165) is 41.3 Å². The second-order valence-electron chi connectivity index (χ2n) is 7.73. The lowest BCUT2D eigenvalue weighted by Crippen LogP contribution is -2.38. The number of hydrogen-bond acceptors (Lipinski definition) is 4. The molecule has 0 unspecified atom stereocenters. The van der Waals surface area contributed by atoms with Crippen molar-refractivity contribution < 1.29 is 18.0 Å². The fraction of sp³-hybridized carbons (Fsp3) is 0.292. The number of amides is 1. The summed E-state index contributed by atoms with van der Waals surface area (Å²) in [5, 5.41) is 0. The van der Waals surface area contributed by atoms with Crippen molar-refractivity contribution in [2.45, 2.75) is 26.1 Å². The van der Waals surface area contributed by atoms with Crippen LogP contribution < -0.4 is 4.90 Å². The molecule has 0 bridgehead atoms. The van der Waals surface area contributed by atoms with Gasteiger partial charge >= 0.3 is 6.18 Å².